The average Bonchev–Trinajstić information content (AvgIpc) is 2.95. The predicted octanol–water partition coefficient (Wildman–Crippen LogP) is 0.976. The maximum Gasteiger partial charge on any atom is 0.311 e. The molecule has 7 nitrogen and oxygen atoms in total. The summed E-state index contributed by atoms with van der Waals surface area (Å²) >= 11 is 1.52. The number of cyclic esters (lactones) is 1. The summed E-state index contributed by atoms with van der Waals surface area (Å²) in [7, 11) is 0. The predicted molar refractivity (Wildman–Crippen MR) is 109 cm³/mol. The number of nitrogens with zero attached hydrogens (tertiary/aromatic N) is 2. The highest BCUT2D eigenvalue weighted by molar-refractivity contribution is 8.02. The van der Waals surface area contributed by atoms with Crippen LogP contribution in [0.15, 0.2) is 24.3 Å². The van der Waals surface area contributed by atoms with Gasteiger partial charge >= 0.3 is 5.97 Å². The molecule has 8 heteroatoms. The average molecular weight is 421 g/mol. The standard InChI is InChI=1S/C21H28N2O5S/c1-13(2)22-9-6-8-21-14(17(25)23(10-11-24)16(21)18(22)26)15-19(27)28-12-5-4-7-20(15,3)29-21/h4,6-8,13-16,24H,5,9-12H2,1-3H3/t14-,15+,16?,20-,21-/m0/s1. The van der Waals surface area contributed by atoms with Gasteiger partial charge in [0.15, 0.2) is 0 Å². The second-order valence-corrected chi connectivity index (χ2v) is 10.4. The van der Waals surface area contributed by atoms with E-state index in [0.29, 0.717) is 19.6 Å². The van der Waals surface area contributed by atoms with Crippen LogP contribution in [0, 0.1) is 11.8 Å². The number of thioether (sulfide) groups is 1. The topological polar surface area (TPSA) is 87.2 Å². The first kappa shape index (κ1) is 20.5. The van der Waals surface area contributed by atoms with Crippen molar-refractivity contribution < 1.29 is 24.2 Å². The summed E-state index contributed by atoms with van der Waals surface area (Å²) in [5.41, 5.74) is 0. The van der Waals surface area contributed by atoms with Crippen molar-refractivity contribution in [3.8, 4) is 0 Å². The van der Waals surface area contributed by atoms with Gasteiger partial charge in [-0.25, -0.2) is 0 Å². The van der Waals surface area contributed by atoms with Gasteiger partial charge in [-0.2, -0.15) is 0 Å². The van der Waals surface area contributed by atoms with Gasteiger partial charge in [-0.1, -0.05) is 24.3 Å². The molecular weight excluding hydrogens is 392 g/mol. The number of rotatable bonds is 3. The summed E-state index contributed by atoms with van der Waals surface area (Å²) in [6.45, 7) is 6.45. The van der Waals surface area contributed by atoms with Crippen LogP contribution in [0.25, 0.3) is 0 Å². The van der Waals surface area contributed by atoms with Gasteiger partial charge in [0, 0.05) is 23.9 Å². The summed E-state index contributed by atoms with van der Waals surface area (Å²) in [6.07, 6.45) is 8.57. The van der Waals surface area contributed by atoms with Crippen LogP contribution < -0.4 is 0 Å². The van der Waals surface area contributed by atoms with Gasteiger partial charge in [0.05, 0.1) is 29.8 Å². The van der Waals surface area contributed by atoms with Crippen molar-refractivity contribution in [2.75, 3.05) is 26.3 Å². The highest BCUT2D eigenvalue weighted by Crippen LogP contribution is 2.65. The Morgan fingerprint density at radius 3 is 2.66 bits per heavy atom. The van der Waals surface area contributed by atoms with Crippen LogP contribution in [0.3, 0.4) is 0 Å². The van der Waals surface area contributed by atoms with Crippen LogP contribution in [-0.4, -0.2) is 80.6 Å². The molecule has 1 spiro atoms. The molecule has 4 heterocycles. The zero-order valence-corrected chi connectivity index (χ0v) is 17.9. The Bertz CT molecular complexity index is 796. The number of carbonyl (C=O) groups is 3. The largest absolute Gasteiger partial charge is 0.465 e. The van der Waals surface area contributed by atoms with Crippen molar-refractivity contribution in [3.63, 3.8) is 0 Å². The molecule has 5 atom stereocenters. The molecule has 1 N–H and O–H groups in total. The minimum Gasteiger partial charge on any atom is -0.465 e. The van der Waals surface area contributed by atoms with Crippen molar-refractivity contribution in [2.24, 2.45) is 11.8 Å². The Balaban J connectivity index is 1.89. The lowest BCUT2D eigenvalue weighted by molar-refractivity contribution is -0.154. The fraction of sp³-hybridized carbons (Fsp3) is 0.667. The number of hydrogen-bond acceptors (Lipinski definition) is 6. The van der Waals surface area contributed by atoms with Crippen LogP contribution >= 0.6 is 11.8 Å². The number of carbonyl (C=O) groups excluding carboxylic acids is 3. The molecule has 0 aliphatic carbocycles. The molecule has 2 amide bonds. The van der Waals surface area contributed by atoms with Gasteiger partial charge in [0.25, 0.3) is 0 Å². The fourth-order valence-corrected chi connectivity index (χ4v) is 7.47. The summed E-state index contributed by atoms with van der Waals surface area (Å²) in [5.74, 6) is -2.13. The number of likely N-dealkylation sites (tertiary alicyclic amines) is 1. The minimum atomic E-state index is -0.861. The fourth-order valence-electron chi connectivity index (χ4n) is 5.32. The van der Waals surface area contributed by atoms with Crippen LogP contribution in [0.1, 0.15) is 27.2 Å². The Kier molecular flexibility index (Phi) is 5.06. The number of aliphatic hydroxyl groups excluding tert-OH is 1. The van der Waals surface area contributed by atoms with E-state index >= 15 is 0 Å². The number of esters is 1. The van der Waals surface area contributed by atoms with E-state index in [-0.39, 0.29) is 37.0 Å². The molecule has 2 fully saturated rings. The number of fused-ring (bicyclic) bond motifs is 2. The van der Waals surface area contributed by atoms with E-state index in [0.717, 1.165) is 0 Å². The number of ether oxygens (including phenoxy) is 1. The lowest BCUT2D eigenvalue weighted by Gasteiger charge is -2.37. The molecule has 4 aliphatic rings. The first-order valence-corrected chi connectivity index (χ1v) is 11.0. The van der Waals surface area contributed by atoms with Crippen molar-refractivity contribution in [1.29, 1.82) is 0 Å². The van der Waals surface area contributed by atoms with E-state index in [4.69, 9.17) is 4.74 Å². The van der Waals surface area contributed by atoms with Crippen LogP contribution in [-0.2, 0) is 19.1 Å². The van der Waals surface area contributed by atoms with E-state index in [2.05, 4.69) is 0 Å². The molecular formula is C21H28N2O5S. The van der Waals surface area contributed by atoms with Crippen molar-refractivity contribution in [1.82, 2.24) is 9.80 Å². The van der Waals surface area contributed by atoms with Crippen LogP contribution in [0.5, 0.6) is 0 Å². The van der Waals surface area contributed by atoms with Gasteiger partial charge < -0.3 is 19.6 Å². The smallest absolute Gasteiger partial charge is 0.311 e. The van der Waals surface area contributed by atoms with E-state index in [9.17, 15) is 19.5 Å². The Labute approximate surface area is 175 Å². The third-order valence-electron chi connectivity index (χ3n) is 6.52. The number of β-amino-alcohol motifs (C(OH)–C–C–N with tert-alkyl or cyclic N) is 1. The number of aliphatic hydroxyl groups is 1. The van der Waals surface area contributed by atoms with Crippen molar-refractivity contribution in [3.05, 3.63) is 24.3 Å². The lowest BCUT2D eigenvalue weighted by atomic mass is 9.74. The first-order valence-electron chi connectivity index (χ1n) is 10.2. The van der Waals surface area contributed by atoms with Gasteiger partial charge in [-0.3, -0.25) is 14.4 Å². The zero-order chi connectivity index (χ0) is 21.0. The van der Waals surface area contributed by atoms with E-state index < -0.39 is 27.4 Å². The molecule has 0 saturated carbocycles. The Hall–Kier alpha value is -1.80. The highest BCUT2D eigenvalue weighted by atomic mass is 32.2. The van der Waals surface area contributed by atoms with Crippen LogP contribution in [0.2, 0.25) is 0 Å². The van der Waals surface area contributed by atoms with Gasteiger partial charge in [-0.15, -0.1) is 11.8 Å². The maximum absolute atomic E-state index is 13.6. The molecule has 0 aromatic carbocycles. The normalized spacial score (nSPS) is 39.1. The molecule has 0 bridgehead atoms. The van der Waals surface area contributed by atoms with Crippen LogP contribution in [0.4, 0.5) is 0 Å². The van der Waals surface area contributed by atoms with E-state index in [1.165, 1.54) is 16.7 Å². The van der Waals surface area contributed by atoms with E-state index in [1.54, 1.807) is 4.90 Å². The summed E-state index contributed by atoms with van der Waals surface area (Å²) < 4.78 is 3.96. The van der Waals surface area contributed by atoms with Gasteiger partial charge in [-0.05, 0) is 27.2 Å². The van der Waals surface area contributed by atoms with Gasteiger partial charge in [0.2, 0.25) is 11.8 Å². The lowest BCUT2D eigenvalue weighted by Crippen LogP contribution is -2.55. The molecule has 0 radical (unpaired) electrons. The molecule has 4 aliphatic heterocycles. The maximum atomic E-state index is 13.6. The molecule has 4 rings (SSSR count). The highest BCUT2D eigenvalue weighted by Gasteiger charge is 2.73. The summed E-state index contributed by atoms with van der Waals surface area (Å²) in [5, 5.41) is 9.60. The monoisotopic (exact) mass is 420 g/mol. The molecule has 158 valence electrons. The SMILES string of the molecule is CC(C)N1CC=C[C@]23S[C@@]4(C)C=CCCOC(=O)[C@H]4[C@H]2C(=O)N(CCO)C3C1=O. The Morgan fingerprint density at radius 2 is 1.97 bits per heavy atom. The first-order chi connectivity index (χ1) is 13.8. The third-order valence-corrected chi connectivity index (χ3v) is 8.31. The third kappa shape index (κ3) is 2.86. The zero-order valence-electron chi connectivity index (χ0n) is 17.0. The number of hydrogen-bond donors (Lipinski definition) is 1. The number of amides is 2. The Morgan fingerprint density at radius 1 is 1.21 bits per heavy atom. The van der Waals surface area contributed by atoms with Crippen molar-refractivity contribution >= 4 is 29.5 Å². The summed E-state index contributed by atoms with van der Waals surface area (Å²) in [6, 6.07) is -0.766. The second kappa shape index (κ2) is 7.16. The molecule has 2 saturated heterocycles. The molecule has 0 aromatic rings. The van der Waals surface area contributed by atoms with Gasteiger partial charge in [0.1, 0.15) is 6.04 Å². The molecule has 0 aromatic heterocycles. The second-order valence-electron chi connectivity index (χ2n) is 8.60. The minimum absolute atomic E-state index is 0.0204. The van der Waals surface area contributed by atoms with E-state index in [1.807, 2.05) is 45.1 Å². The summed E-state index contributed by atoms with van der Waals surface area (Å²) in [4.78, 5) is 43.5. The quantitative estimate of drug-likeness (QED) is 0.541. The molecule has 1 unspecified atom stereocenters. The van der Waals surface area contributed by atoms with Crippen molar-refractivity contribution in [2.45, 2.75) is 48.8 Å². The molecule has 29 heavy (non-hydrogen) atoms.